The van der Waals surface area contributed by atoms with Crippen molar-refractivity contribution in [2.24, 2.45) is 5.92 Å². The second-order valence-corrected chi connectivity index (χ2v) is 6.85. The lowest BCUT2D eigenvalue weighted by Crippen LogP contribution is -2.43. The summed E-state index contributed by atoms with van der Waals surface area (Å²) in [6, 6.07) is 14.3. The Balaban J connectivity index is 1.42. The quantitative estimate of drug-likeness (QED) is 0.877. The molecular weight excluding hydrogens is 314 g/mol. The summed E-state index contributed by atoms with van der Waals surface area (Å²) < 4.78 is 5.29. The number of nitrogens with one attached hydrogen (secondary N) is 1. The van der Waals surface area contributed by atoms with Gasteiger partial charge in [0.25, 0.3) is 0 Å². The molecule has 1 aliphatic rings. The Kier molecular flexibility index (Phi) is 6.12. The molecule has 1 aromatic carbocycles. The van der Waals surface area contributed by atoms with Crippen LogP contribution in [-0.4, -0.2) is 42.5 Å². The number of hydrogen-bond acceptors (Lipinski definition) is 3. The molecular formula is C20H27N3O2. The Bertz CT molecular complexity index is 642. The van der Waals surface area contributed by atoms with Crippen molar-refractivity contribution >= 4 is 6.03 Å². The first kappa shape index (κ1) is 17.5. The number of piperidine rings is 1. The molecule has 1 fully saturated rings. The van der Waals surface area contributed by atoms with Crippen LogP contribution in [0.1, 0.15) is 24.2 Å². The third kappa shape index (κ3) is 5.36. The van der Waals surface area contributed by atoms with E-state index >= 15 is 0 Å². The number of carbonyl (C=O) groups is 1. The number of urea groups is 1. The third-order valence-corrected chi connectivity index (χ3v) is 4.71. The summed E-state index contributed by atoms with van der Waals surface area (Å²) in [5.41, 5.74) is 1.35. The maximum absolute atomic E-state index is 12.2. The van der Waals surface area contributed by atoms with Crippen molar-refractivity contribution in [3.63, 3.8) is 0 Å². The zero-order chi connectivity index (χ0) is 17.5. The molecule has 2 aromatic rings. The molecule has 3 rings (SSSR count). The van der Waals surface area contributed by atoms with E-state index in [2.05, 4.69) is 40.5 Å². The molecule has 0 spiro atoms. The fraction of sp³-hybridized carbons (Fsp3) is 0.450. The van der Waals surface area contributed by atoms with Crippen LogP contribution < -0.4 is 5.32 Å². The highest BCUT2D eigenvalue weighted by molar-refractivity contribution is 5.73. The average molecular weight is 341 g/mol. The van der Waals surface area contributed by atoms with Crippen LogP contribution in [0, 0.1) is 5.92 Å². The molecule has 1 saturated heterocycles. The number of likely N-dealkylation sites (tertiary alicyclic amines) is 1. The molecule has 1 aromatic heterocycles. The molecule has 2 amide bonds. The number of carbonyl (C=O) groups excluding carboxylic acids is 1. The average Bonchev–Trinajstić information content (AvgIpc) is 3.14. The molecule has 0 unspecified atom stereocenters. The predicted molar refractivity (Wildman–Crippen MR) is 98.0 cm³/mol. The first-order chi connectivity index (χ1) is 12.2. The molecule has 25 heavy (non-hydrogen) atoms. The van der Waals surface area contributed by atoms with E-state index in [9.17, 15) is 4.79 Å². The first-order valence-corrected chi connectivity index (χ1v) is 8.98. The monoisotopic (exact) mass is 341 g/mol. The van der Waals surface area contributed by atoms with Crippen LogP contribution in [-0.2, 0) is 13.1 Å². The van der Waals surface area contributed by atoms with Crippen molar-refractivity contribution in [1.29, 1.82) is 0 Å². The molecule has 0 radical (unpaired) electrons. The van der Waals surface area contributed by atoms with Gasteiger partial charge in [0.05, 0.1) is 12.8 Å². The Hall–Kier alpha value is -2.27. The van der Waals surface area contributed by atoms with E-state index in [1.54, 1.807) is 18.2 Å². The van der Waals surface area contributed by atoms with Crippen LogP contribution in [0.5, 0.6) is 0 Å². The van der Waals surface area contributed by atoms with Gasteiger partial charge in [-0.25, -0.2) is 4.79 Å². The van der Waals surface area contributed by atoms with Crippen LogP contribution in [0.4, 0.5) is 4.79 Å². The van der Waals surface area contributed by atoms with Crippen molar-refractivity contribution < 1.29 is 9.21 Å². The lowest BCUT2D eigenvalue weighted by atomic mass is 9.97. The highest BCUT2D eigenvalue weighted by Crippen LogP contribution is 2.18. The summed E-state index contributed by atoms with van der Waals surface area (Å²) >= 11 is 0. The van der Waals surface area contributed by atoms with Crippen LogP contribution >= 0.6 is 0 Å². The molecule has 1 N–H and O–H groups in total. The van der Waals surface area contributed by atoms with E-state index in [4.69, 9.17) is 4.42 Å². The Labute approximate surface area is 149 Å². The molecule has 0 bridgehead atoms. The van der Waals surface area contributed by atoms with E-state index in [0.717, 1.165) is 31.9 Å². The van der Waals surface area contributed by atoms with Crippen molar-refractivity contribution in [3.8, 4) is 0 Å². The van der Waals surface area contributed by atoms with Crippen LogP contribution in [0.15, 0.2) is 53.1 Å². The third-order valence-electron chi connectivity index (χ3n) is 4.71. The zero-order valence-electron chi connectivity index (χ0n) is 14.9. The van der Waals surface area contributed by atoms with Crippen molar-refractivity contribution in [2.75, 3.05) is 26.7 Å². The van der Waals surface area contributed by atoms with Crippen molar-refractivity contribution in [1.82, 2.24) is 15.1 Å². The number of furan rings is 1. The van der Waals surface area contributed by atoms with Gasteiger partial charge in [-0.3, -0.25) is 4.90 Å². The lowest BCUT2D eigenvalue weighted by Gasteiger charge is -2.33. The molecule has 1 atom stereocenters. The van der Waals surface area contributed by atoms with Gasteiger partial charge in [-0.15, -0.1) is 0 Å². The largest absolute Gasteiger partial charge is 0.467 e. The summed E-state index contributed by atoms with van der Waals surface area (Å²) in [5.74, 6) is 1.31. The first-order valence-electron chi connectivity index (χ1n) is 8.98. The highest BCUT2D eigenvalue weighted by Gasteiger charge is 2.21. The minimum atomic E-state index is -0.0448. The predicted octanol–water partition coefficient (Wildman–Crippen LogP) is 3.33. The summed E-state index contributed by atoms with van der Waals surface area (Å²) in [6.45, 7) is 4.38. The van der Waals surface area contributed by atoms with Gasteiger partial charge in [0, 0.05) is 26.7 Å². The van der Waals surface area contributed by atoms with Crippen LogP contribution in [0.3, 0.4) is 0 Å². The van der Waals surface area contributed by atoms with Crippen LogP contribution in [0.25, 0.3) is 0 Å². The summed E-state index contributed by atoms with van der Waals surface area (Å²) in [6.07, 6.45) is 3.99. The highest BCUT2D eigenvalue weighted by atomic mass is 16.3. The Morgan fingerprint density at radius 1 is 1.28 bits per heavy atom. The molecule has 2 heterocycles. The smallest absolute Gasteiger partial charge is 0.317 e. The summed E-state index contributed by atoms with van der Waals surface area (Å²) in [5, 5.41) is 3.07. The van der Waals surface area contributed by atoms with E-state index in [1.807, 2.05) is 12.1 Å². The topological polar surface area (TPSA) is 48.7 Å². The van der Waals surface area contributed by atoms with Gasteiger partial charge in [-0.05, 0) is 43.0 Å². The second kappa shape index (κ2) is 8.72. The number of rotatable bonds is 6. The van der Waals surface area contributed by atoms with Gasteiger partial charge in [-0.1, -0.05) is 30.3 Å². The normalized spacial score (nSPS) is 18.0. The minimum Gasteiger partial charge on any atom is -0.467 e. The van der Waals surface area contributed by atoms with Gasteiger partial charge in [-0.2, -0.15) is 0 Å². The van der Waals surface area contributed by atoms with Gasteiger partial charge < -0.3 is 14.6 Å². The van der Waals surface area contributed by atoms with E-state index in [0.29, 0.717) is 12.5 Å². The van der Waals surface area contributed by atoms with Crippen molar-refractivity contribution in [2.45, 2.75) is 25.9 Å². The van der Waals surface area contributed by atoms with Gasteiger partial charge in [0.1, 0.15) is 5.76 Å². The van der Waals surface area contributed by atoms with E-state index < -0.39 is 0 Å². The molecule has 5 nitrogen and oxygen atoms in total. The number of nitrogens with zero attached hydrogens (tertiary/aromatic N) is 2. The fourth-order valence-corrected chi connectivity index (χ4v) is 3.38. The number of amides is 2. The van der Waals surface area contributed by atoms with Gasteiger partial charge >= 0.3 is 6.03 Å². The van der Waals surface area contributed by atoms with Gasteiger partial charge in [0.15, 0.2) is 0 Å². The molecule has 5 heteroatoms. The molecule has 134 valence electrons. The lowest BCUT2D eigenvalue weighted by molar-refractivity contribution is 0.160. The maximum Gasteiger partial charge on any atom is 0.317 e. The van der Waals surface area contributed by atoms with E-state index in [-0.39, 0.29) is 6.03 Å². The Morgan fingerprint density at radius 2 is 2.12 bits per heavy atom. The fourth-order valence-electron chi connectivity index (χ4n) is 3.38. The van der Waals surface area contributed by atoms with E-state index in [1.165, 1.54) is 18.4 Å². The minimum absolute atomic E-state index is 0.0448. The second-order valence-electron chi connectivity index (χ2n) is 6.85. The van der Waals surface area contributed by atoms with Crippen molar-refractivity contribution in [3.05, 3.63) is 60.1 Å². The number of hydrogen-bond donors (Lipinski definition) is 1. The van der Waals surface area contributed by atoms with Crippen LogP contribution in [0.2, 0.25) is 0 Å². The molecule has 0 saturated carbocycles. The summed E-state index contributed by atoms with van der Waals surface area (Å²) in [4.78, 5) is 16.4. The van der Waals surface area contributed by atoms with Gasteiger partial charge in [0.2, 0.25) is 0 Å². The molecule has 0 aliphatic carbocycles. The summed E-state index contributed by atoms with van der Waals surface area (Å²) in [7, 11) is 1.79. The Morgan fingerprint density at radius 3 is 2.88 bits per heavy atom. The molecule has 1 aliphatic heterocycles. The maximum atomic E-state index is 12.2. The number of benzene rings is 1. The zero-order valence-corrected chi connectivity index (χ0v) is 14.9. The SMILES string of the molecule is CN(Cc1ccco1)C(=O)NC[C@H]1CCCN(Cc2ccccc2)C1. The standard InChI is InChI=1S/C20H27N3O2/c1-22(16-19-10-6-12-25-19)20(24)21-13-18-9-5-11-23(15-18)14-17-7-3-2-4-8-17/h2-4,6-8,10,12,18H,5,9,11,13-16H2,1H3,(H,21,24)/t18-/m1/s1.